The van der Waals surface area contributed by atoms with Crippen LogP contribution < -0.4 is 22.5 Å². The minimum Gasteiger partial charge on any atom is -0.392 e. The number of carbonyl (C=O) groups excluding carboxylic acids is 1. The number of nitrogens with one attached hydrogen (secondary N) is 3. The van der Waals surface area contributed by atoms with Gasteiger partial charge in [0.25, 0.3) is 6.02 Å². The van der Waals surface area contributed by atoms with Gasteiger partial charge in [0, 0.05) is 6.54 Å². The Morgan fingerprint density at radius 3 is 2.47 bits per heavy atom. The monoisotopic (exact) mass is 216 g/mol. The van der Waals surface area contributed by atoms with Crippen molar-refractivity contribution in [2.75, 3.05) is 6.54 Å². The summed E-state index contributed by atoms with van der Waals surface area (Å²) in [5.41, 5.74) is 15.3. The van der Waals surface area contributed by atoms with Crippen LogP contribution in [0.1, 0.15) is 12.8 Å². The normalized spacial score (nSPS) is 11.5. The first kappa shape index (κ1) is 13.2. The Bertz CT molecular complexity index is 254. The van der Waals surface area contributed by atoms with Crippen LogP contribution in [-0.2, 0) is 9.53 Å². The summed E-state index contributed by atoms with van der Waals surface area (Å²) >= 11 is 0. The maximum absolute atomic E-state index is 11.0. The van der Waals surface area contributed by atoms with Crippen LogP contribution in [0.3, 0.4) is 0 Å². The zero-order chi connectivity index (χ0) is 11.8. The molecule has 0 saturated heterocycles. The van der Waals surface area contributed by atoms with Crippen molar-refractivity contribution in [3.8, 4) is 0 Å². The van der Waals surface area contributed by atoms with E-state index in [2.05, 4.69) is 10.1 Å². The van der Waals surface area contributed by atoms with Crippen LogP contribution in [0.25, 0.3) is 0 Å². The zero-order valence-corrected chi connectivity index (χ0v) is 8.25. The number of nitrogens with two attached hydrogens (primary N) is 3. The van der Waals surface area contributed by atoms with Gasteiger partial charge in [-0.1, -0.05) is 0 Å². The highest BCUT2D eigenvalue weighted by atomic mass is 16.6. The van der Waals surface area contributed by atoms with Crippen molar-refractivity contribution in [3.63, 3.8) is 0 Å². The van der Waals surface area contributed by atoms with Gasteiger partial charge in [0.1, 0.15) is 6.04 Å². The van der Waals surface area contributed by atoms with Gasteiger partial charge >= 0.3 is 5.97 Å². The van der Waals surface area contributed by atoms with Crippen LogP contribution in [0.4, 0.5) is 0 Å². The Kier molecular flexibility index (Phi) is 5.79. The Morgan fingerprint density at radius 2 is 2.00 bits per heavy atom. The number of carbonyl (C=O) groups is 1. The fourth-order valence-corrected chi connectivity index (χ4v) is 0.847. The van der Waals surface area contributed by atoms with Gasteiger partial charge in [-0.05, 0) is 12.8 Å². The van der Waals surface area contributed by atoms with E-state index >= 15 is 0 Å². The van der Waals surface area contributed by atoms with Crippen LogP contribution in [-0.4, -0.2) is 30.5 Å². The highest BCUT2D eigenvalue weighted by Crippen LogP contribution is 1.95. The molecular formula is C7H16N6O2. The second-order valence-corrected chi connectivity index (χ2v) is 2.87. The van der Waals surface area contributed by atoms with Gasteiger partial charge in [-0.3, -0.25) is 10.8 Å². The molecule has 0 aliphatic heterocycles. The van der Waals surface area contributed by atoms with E-state index in [4.69, 9.17) is 28.0 Å². The van der Waals surface area contributed by atoms with E-state index in [1.165, 1.54) is 0 Å². The standard InChI is InChI=1S/C7H16N6O2/c8-4(5(14)15-7(11)12)2-1-3-13-6(9)10/h4H,1-3,8H2,(H3,11,12)(H4,9,10,13)/t4-/m0/s1. The first-order valence-corrected chi connectivity index (χ1v) is 4.32. The molecule has 86 valence electrons. The maximum Gasteiger partial charge on any atom is 0.330 e. The fraction of sp³-hybridized carbons (Fsp3) is 0.571. The van der Waals surface area contributed by atoms with E-state index in [0.29, 0.717) is 19.4 Å². The average molecular weight is 216 g/mol. The molecule has 0 saturated carbocycles. The van der Waals surface area contributed by atoms with Crippen molar-refractivity contribution in [2.24, 2.45) is 17.2 Å². The molecule has 1 atom stereocenters. The van der Waals surface area contributed by atoms with Crippen LogP contribution in [0.2, 0.25) is 0 Å². The summed E-state index contributed by atoms with van der Waals surface area (Å²) in [6.45, 7) is 0.455. The summed E-state index contributed by atoms with van der Waals surface area (Å²) in [6.07, 6.45) is 0.931. The molecule has 0 radical (unpaired) electrons. The summed E-state index contributed by atoms with van der Waals surface area (Å²) in [5, 5.41) is 16.1. The van der Waals surface area contributed by atoms with Gasteiger partial charge in [-0.25, -0.2) is 4.79 Å². The van der Waals surface area contributed by atoms with Crippen molar-refractivity contribution in [3.05, 3.63) is 0 Å². The number of hydrogen-bond donors (Lipinski definition) is 6. The molecular weight excluding hydrogens is 200 g/mol. The van der Waals surface area contributed by atoms with E-state index in [9.17, 15) is 4.79 Å². The summed E-state index contributed by atoms with van der Waals surface area (Å²) in [4.78, 5) is 11.0. The smallest absolute Gasteiger partial charge is 0.330 e. The molecule has 0 aromatic rings. The number of esters is 1. The second kappa shape index (κ2) is 6.60. The lowest BCUT2D eigenvalue weighted by Gasteiger charge is -2.10. The average Bonchev–Trinajstić information content (AvgIpc) is 2.10. The molecule has 0 unspecified atom stereocenters. The van der Waals surface area contributed by atoms with Crippen molar-refractivity contribution >= 4 is 18.0 Å². The third-order valence-electron chi connectivity index (χ3n) is 1.52. The molecule has 0 aromatic carbocycles. The van der Waals surface area contributed by atoms with E-state index in [0.717, 1.165) is 0 Å². The summed E-state index contributed by atoms with van der Waals surface area (Å²) < 4.78 is 4.30. The molecule has 0 rings (SSSR count). The number of rotatable bonds is 5. The molecule has 15 heavy (non-hydrogen) atoms. The fourth-order valence-electron chi connectivity index (χ4n) is 0.847. The van der Waals surface area contributed by atoms with Crippen LogP contribution in [0.15, 0.2) is 0 Å². The number of ether oxygens (including phenoxy) is 1. The molecule has 0 bridgehead atoms. The number of hydrogen-bond acceptors (Lipinski definition) is 5. The Balaban J connectivity index is 3.64. The Hall–Kier alpha value is -1.83. The van der Waals surface area contributed by atoms with Crippen molar-refractivity contribution in [1.29, 1.82) is 10.8 Å². The highest BCUT2D eigenvalue weighted by Gasteiger charge is 2.15. The summed E-state index contributed by atoms with van der Waals surface area (Å²) in [7, 11) is 0. The van der Waals surface area contributed by atoms with E-state index < -0.39 is 18.0 Å². The van der Waals surface area contributed by atoms with Crippen LogP contribution >= 0.6 is 0 Å². The molecule has 0 fully saturated rings. The third-order valence-corrected chi connectivity index (χ3v) is 1.52. The lowest BCUT2D eigenvalue weighted by atomic mass is 10.2. The predicted octanol–water partition coefficient (Wildman–Crippen LogP) is -1.99. The molecule has 8 heteroatoms. The van der Waals surface area contributed by atoms with Crippen LogP contribution in [0, 0.1) is 10.8 Å². The first-order chi connectivity index (χ1) is 6.93. The zero-order valence-electron chi connectivity index (χ0n) is 8.25. The Morgan fingerprint density at radius 1 is 1.40 bits per heavy atom. The minimum atomic E-state index is -0.817. The molecule has 8 nitrogen and oxygen atoms in total. The van der Waals surface area contributed by atoms with E-state index in [1.807, 2.05) is 0 Å². The van der Waals surface area contributed by atoms with Gasteiger partial charge in [-0.15, -0.1) is 0 Å². The number of amidine groups is 1. The summed E-state index contributed by atoms with van der Waals surface area (Å²) in [6, 6.07) is -1.49. The SMILES string of the molecule is N=C(N)NCCC[C@H](N)C(=O)OC(=N)N. The molecule has 0 aromatic heterocycles. The largest absolute Gasteiger partial charge is 0.392 e. The van der Waals surface area contributed by atoms with Crippen LogP contribution in [0.5, 0.6) is 0 Å². The van der Waals surface area contributed by atoms with Crippen molar-refractivity contribution in [2.45, 2.75) is 18.9 Å². The topological polar surface area (TPSA) is 164 Å². The third kappa shape index (κ3) is 7.26. The molecule has 0 spiro atoms. The van der Waals surface area contributed by atoms with Crippen molar-refractivity contribution < 1.29 is 9.53 Å². The first-order valence-electron chi connectivity index (χ1n) is 4.32. The molecule has 9 N–H and O–H groups in total. The lowest BCUT2D eigenvalue weighted by Crippen LogP contribution is -2.37. The minimum absolute atomic E-state index is 0.130. The van der Waals surface area contributed by atoms with Gasteiger partial charge in [0.2, 0.25) is 0 Å². The highest BCUT2D eigenvalue weighted by molar-refractivity contribution is 5.87. The molecule has 0 aliphatic rings. The van der Waals surface area contributed by atoms with E-state index in [-0.39, 0.29) is 5.96 Å². The van der Waals surface area contributed by atoms with E-state index in [1.54, 1.807) is 0 Å². The van der Waals surface area contributed by atoms with Gasteiger partial charge in [-0.2, -0.15) is 0 Å². The lowest BCUT2D eigenvalue weighted by molar-refractivity contribution is -0.137. The molecule has 0 aliphatic carbocycles. The molecule has 0 heterocycles. The van der Waals surface area contributed by atoms with Gasteiger partial charge < -0.3 is 27.3 Å². The second-order valence-electron chi connectivity index (χ2n) is 2.87. The quantitative estimate of drug-likeness (QED) is 0.135. The molecule has 0 amide bonds. The predicted molar refractivity (Wildman–Crippen MR) is 55.1 cm³/mol. The van der Waals surface area contributed by atoms with Gasteiger partial charge in [0.15, 0.2) is 5.96 Å². The maximum atomic E-state index is 11.0. The van der Waals surface area contributed by atoms with Crippen molar-refractivity contribution in [1.82, 2.24) is 5.32 Å². The Labute approximate surface area is 87.1 Å². The summed E-state index contributed by atoms with van der Waals surface area (Å²) in [5.74, 6) is -0.861. The number of guanidine groups is 1. The van der Waals surface area contributed by atoms with Gasteiger partial charge in [0.05, 0.1) is 0 Å².